The molecule has 0 radical (unpaired) electrons. The first-order valence-electron chi connectivity index (χ1n) is 11.3. The summed E-state index contributed by atoms with van der Waals surface area (Å²) in [6.07, 6.45) is 4.10. The highest BCUT2D eigenvalue weighted by molar-refractivity contribution is 6.35. The Morgan fingerprint density at radius 3 is 2.58 bits per heavy atom. The summed E-state index contributed by atoms with van der Waals surface area (Å²) in [5, 5.41) is 8.28. The molecular weight excluding hydrogens is 429 g/mol. The van der Waals surface area contributed by atoms with Gasteiger partial charge >= 0.3 is 0 Å². The van der Waals surface area contributed by atoms with E-state index in [4.69, 9.17) is 23.2 Å². The zero-order valence-corrected chi connectivity index (χ0v) is 19.8. The number of nitrogens with zero attached hydrogens (tertiary/aromatic N) is 1. The standard InChI is InChI=1S/C25H31Cl2N3O/c1-16-5-6-19(14-24(16)29-17(2)21-8-7-20(26)15-22(21)27)18-9-12-30(13-10-18)25(31)23-4-3-11-28-23/h5-8,14-15,17-18,23,28-29H,3-4,9-13H2,1-2H3. The molecule has 2 aromatic carbocycles. The van der Waals surface area contributed by atoms with E-state index in [1.807, 2.05) is 12.1 Å². The number of likely N-dealkylation sites (tertiary alicyclic amines) is 1. The van der Waals surface area contributed by atoms with Gasteiger partial charge in [0.1, 0.15) is 0 Å². The fourth-order valence-electron chi connectivity index (χ4n) is 4.76. The minimum Gasteiger partial charge on any atom is -0.378 e. The molecule has 2 aromatic rings. The topological polar surface area (TPSA) is 44.4 Å². The molecule has 2 heterocycles. The summed E-state index contributed by atoms with van der Waals surface area (Å²) in [6, 6.07) is 12.4. The fraction of sp³-hybridized carbons (Fsp3) is 0.480. The fourth-order valence-corrected chi connectivity index (χ4v) is 5.33. The minimum atomic E-state index is 0.0351. The third-order valence-electron chi connectivity index (χ3n) is 6.70. The summed E-state index contributed by atoms with van der Waals surface area (Å²) in [7, 11) is 0. The number of benzene rings is 2. The first-order chi connectivity index (χ1) is 14.9. The van der Waals surface area contributed by atoms with Crippen molar-refractivity contribution in [2.75, 3.05) is 25.0 Å². The Morgan fingerprint density at radius 1 is 1.13 bits per heavy atom. The summed E-state index contributed by atoms with van der Waals surface area (Å²) in [5.41, 5.74) is 4.71. The average molecular weight is 460 g/mol. The molecule has 2 fully saturated rings. The van der Waals surface area contributed by atoms with Gasteiger partial charge in [0.25, 0.3) is 0 Å². The lowest BCUT2D eigenvalue weighted by atomic mass is 9.88. The molecule has 2 atom stereocenters. The van der Waals surface area contributed by atoms with E-state index in [1.165, 1.54) is 11.1 Å². The minimum absolute atomic E-state index is 0.0351. The Kier molecular flexibility index (Phi) is 7.10. The molecule has 2 N–H and O–H groups in total. The summed E-state index contributed by atoms with van der Waals surface area (Å²) in [4.78, 5) is 14.7. The lowest BCUT2D eigenvalue weighted by Gasteiger charge is -2.34. The molecule has 166 valence electrons. The maximum absolute atomic E-state index is 12.7. The van der Waals surface area contributed by atoms with Crippen LogP contribution in [0.2, 0.25) is 10.0 Å². The number of aryl methyl sites for hydroxylation is 1. The van der Waals surface area contributed by atoms with Crippen LogP contribution >= 0.6 is 23.2 Å². The Balaban J connectivity index is 1.41. The molecule has 2 saturated heterocycles. The number of rotatable bonds is 5. The molecule has 0 aromatic heterocycles. The highest BCUT2D eigenvalue weighted by atomic mass is 35.5. The molecule has 31 heavy (non-hydrogen) atoms. The molecule has 4 nitrogen and oxygen atoms in total. The number of carbonyl (C=O) groups excluding carboxylic acids is 1. The summed E-state index contributed by atoms with van der Waals surface area (Å²) in [6.45, 7) is 6.89. The van der Waals surface area contributed by atoms with Crippen LogP contribution in [0.15, 0.2) is 36.4 Å². The average Bonchev–Trinajstić information content (AvgIpc) is 3.30. The molecule has 0 aliphatic carbocycles. The molecule has 2 unspecified atom stereocenters. The summed E-state index contributed by atoms with van der Waals surface area (Å²) < 4.78 is 0. The van der Waals surface area contributed by atoms with Gasteiger partial charge in [-0.2, -0.15) is 0 Å². The van der Waals surface area contributed by atoms with Crippen LogP contribution < -0.4 is 10.6 Å². The molecule has 2 aliphatic rings. The van der Waals surface area contributed by atoms with Gasteiger partial charge in [-0.25, -0.2) is 0 Å². The van der Waals surface area contributed by atoms with Crippen LogP contribution in [0.1, 0.15) is 61.3 Å². The number of piperidine rings is 1. The number of halogens is 2. The van der Waals surface area contributed by atoms with Crippen LogP contribution in [0.4, 0.5) is 5.69 Å². The molecule has 4 rings (SSSR count). The number of hydrogen-bond donors (Lipinski definition) is 2. The lowest BCUT2D eigenvalue weighted by molar-refractivity contribution is -0.134. The molecule has 0 bridgehead atoms. The number of amides is 1. The largest absolute Gasteiger partial charge is 0.378 e. The van der Waals surface area contributed by atoms with Gasteiger partial charge in [0.2, 0.25) is 5.91 Å². The van der Waals surface area contributed by atoms with Crippen molar-refractivity contribution in [3.63, 3.8) is 0 Å². The van der Waals surface area contributed by atoms with E-state index in [1.54, 1.807) is 6.07 Å². The van der Waals surface area contributed by atoms with Gasteiger partial charge in [-0.05, 0) is 86.9 Å². The zero-order chi connectivity index (χ0) is 22.0. The van der Waals surface area contributed by atoms with E-state index >= 15 is 0 Å². The third-order valence-corrected chi connectivity index (χ3v) is 7.26. The maximum Gasteiger partial charge on any atom is 0.239 e. The van der Waals surface area contributed by atoms with Crippen molar-refractivity contribution in [2.45, 2.75) is 57.5 Å². The van der Waals surface area contributed by atoms with Crippen molar-refractivity contribution in [1.29, 1.82) is 0 Å². The smallest absolute Gasteiger partial charge is 0.239 e. The summed E-state index contributed by atoms with van der Waals surface area (Å²) in [5.74, 6) is 0.770. The zero-order valence-electron chi connectivity index (χ0n) is 18.3. The van der Waals surface area contributed by atoms with Crippen LogP contribution in [0.25, 0.3) is 0 Å². The van der Waals surface area contributed by atoms with E-state index in [-0.39, 0.29) is 18.0 Å². The molecule has 0 spiro atoms. The predicted molar refractivity (Wildman–Crippen MR) is 129 cm³/mol. The monoisotopic (exact) mass is 459 g/mol. The number of carbonyl (C=O) groups is 1. The molecule has 0 saturated carbocycles. The first-order valence-corrected chi connectivity index (χ1v) is 12.0. The van der Waals surface area contributed by atoms with Crippen LogP contribution in [0, 0.1) is 6.92 Å². The normalized spacial score (nSPS) is 20.6. The number of anilines is 1. The van der Waals surface area contributed by atoms with E-state index in [0.717, 1.165) is 56.6 Å². The lowest BCUT2D eigenvalue weighted by Crippen LogP contribution is -2.46. The highest BCUT2D eigenvalue weighted by Gasteiger charge is 2.30. The van der Waals surface area contributed by atoms with E-state index in [2.05, 4.69) is 47.6 Å². The van der Waals surface area contributed by atoms with Crippen molar-refractivity contribution >= 4 is 34.8 Å². The molecular formula is C25H31Cl2N3O. The van der Waals surface area contributed by atoms with Crippen LogP contribution in [0.3, 0.4) is 0 Å². The van der Waals surface area contributed by atoms with Gasteiger partial charge in [0, 0.05) is 28.8 Å². The van der Waals surface area contributed by atoms with Gasteiger partial charge in [0.15, 0.2) is 0 Å². The second kappa shape index (κ2) is 9.81. The van der Waals surface area contributed by atoms with E-state index in [0.29, 0.717) is 16.0 Å². The number of hydrogen-bond acceptors (Lipinski definition) is 3. The van der Waals surface area contributed by atoms with E-state index in [9.17, 15) is 4.79 Å². The van der Waals surface area contributed by atoms with Crippen LogP contribution in [-0.4, -0.2) is 36.5 Å². The van der Waals surface area contributed by atoms with Gasteiger partial charge in [-0.1, -0.05) is 41.4 Å². The first kappa shape index (κ1) is 22.4. The van der Waals surface area contributed by atoms with Crippen LogP contribution in [0.5, 0.6) is 0 Å². The molecule has 2 aliphatic heterocycles. The van der Waals surface area contributed by atoms with Gasteiger partial charge < -0.3 is 15.5 Å². The van der Waals surface area contributed by atoms with Crippen molar-refractivity contribution in [3.05, 3.63) is 63.1 Å². The van der Waals surface area contributed by atoms with Crippen molar-refractivity contribution in [1.82, 2.24) is 10.2 Å². The second-order valence-electron chi connectivity index (χ2n) is 8.85. The Hall–Kier alpha value is -1.75. The van der Waals surface area contributed by atoms with E-state index < -0.39 is 0 Å². The SMILES string of the molecule is Cc1ccc(C2CCN(C(=O)C3CCCN3)CC2)cc1NC(C)c1ccc(Cl)cc1Cl. The Bertz CT molecular complexity index is 934. The summed E-state index contributed by atoms with van der Waals surface area (Å²) >= 11 is 12.5. The van der Waals surface area contributed by atoms with Gasteiger partial charge in [-0.15, -0.1) is 0 Å². The third kappa shape index (κ3) is 5.19. The Morgan fingerprint density at radius 2 is 1.90 bits per heavy atom. The Labute approximate surface area is 195 Å². The van der Waals surface area contributed by atoms with Crippen LogP contribution in [-0.2, 0) is 4.79 Å². The number of nitrogens with one attached hydrogen (secondary N) is 2. The second-order valence-corrected chi connectivity index (χ2v) is 9.70. The van der Waals surface area contributed by atoms with Crippen molar-refractivity contribution < 1.29 is 4.79 Å². The maximum atomic E-state index is 12.7. The molecule has 6 heteroatoms. The highest BCUT2D eigenvalue weighted by Crippen LogP contribution is 2.34. The predicted octanol–water partition coefficient (Wildman–Crippen LogP) is 5.93. The molecule has 1 amide bonds. The quantitative estimate of drug-likeness (QED) is 0.581. The van der Waals surface area contributed by atoms with Gasteiger partial charge in [0.05, 0.1) is 12.1 Å². The van der Waals surface area contributed by atoms with Crippen molar-refractivity contribution in [3.8, 4) is 0 Å². The van der Waals surface area contributed by atoms with Crippen molar-refractivity contribution in [2.24, 2.45) is 0 Å². The van der Waals surface area contributed by atoms with Gasteiger partial charge in [-0.3, -0.25) is 4.79 Å².